The van der Waals surface area contributed by atoms with Crippen LogP contribution >= 0.6 is 11.3 Å². The van der Waals surface area contributed by atoms with E-state index in [0.717, 1.165) is 61.2 Å². The molecule has 0 unspecified atom stereocenters. The summed E-state index contributed by atoms with van der Waals surface area (Å²) in [5.41, 5.74) is 4.48. The van der Waals surface area contributed by atoms with Gasteiger partial charge in [-0.3, -0.25) is 9.29 Å². The summed E-state index contributed by atoms with van der Waals surface area (Å²) < 4.78 is 18.4. The third-order valence-electron chi connectivity index (χ3n) is 5.60. The summed E-state index contributed by atoms with van der Waals surface area (Å²) in [6.45, 7) is 10.3. The molecule has 2 aliphatic rings. The summed E-state index contributed by atoms with van der Waals surface area (Å²) in [6, 6.07) is 6.50. The number of hydrogen-bond donors (Lipinski definition) is 0. The number of ether oxygens (including phenoxy) is 1. The summed E-state index contributed by atoms with van der Waals surface area (Å²) in [5, 5.41) is 1.01. The minimum absolute atomic E-state index is 0.231. The lowest BCUT2D eigenvalue weighted by molar-refractivity contribution is 0.245. The fourth-order valence-electron chi connectivity index (χ4n) is 3.88. The third-order valence-corrected chi connectivity index (χ3v) is 6.66. The Hall–Kier alpha value is -2.44. The van der Waals surface area contributed by atoms with Gasteiger partial charge in [-0.2, -0.15) is 0 Å². The molecule has 2 aromatic rings. The van der Waals surface area contributed by atoms with Crippen molar-refractivity contribution >= 4 is 28.7 Å². The molecule has 1 aromatic carbocycles. The quantitative estimate of drug-likeness (QED) is 0.577. The molecule has 30 heavy (non-hydrogen) atoms. The number of nitrogens with zero attached hydrogens (tertiary/aromatic N) is 3. The number of allylic oxidation sites excluding steroid dienone is 3. The van der Waals surface area contributed by atoms with Gasteiger partial charge in [-0.15, -0.1) is 11.3 Å². The minimum atomic E-state index is -0.231. The fraction of sp³-hybridized carbons (Fsp3) is 0.375. The Kier molecular flexibility index (Phi) is 6.65. The maximum absolute atomic E-state index is 12.4. The summed E-state index contributed by atoms with van der Waals surface area (Å²) in [5.74, 6) is 0.927. The molecule has 4 nitrogen and oxygen atoms in total. The highest BCUT2D eigenvalue weighted by Crippen LogP contribution is 2.36. The zero-order valence-corrected chi connectivity index (χ0v) is 18.3. The number of benzene rings is 1. The topological polar surface area (TPSA) is 28.6 Å². The summed E-state index contributed by atoms with van der Waals surface area (Å²) in [6.07, 6.45) is 8.97. The number of alkyl halides is 1. The van der Waals surface area contributed by atoms with Gasteiger partial charge in [0, 0.05) is 61.3 Å². The summed E-state index contributed by atoms with van der Waals surface area (Å²) >= 11 is 1.70. The first kappa shape index (κ1) is 20.8. The zero-order chi connectivity index (χ0) is 20.9. The molecule has 2 aliphatic heterocycles. The molecule has 1 fully saturated rings. The molecule has 1 aromatic heterocycles. The van der Waals surface area contributed by atoms with Gasteiger partial charge in [-0.1, -0.05) is 24.8 Å². The van der Waals surface area contributed by atoms with Crippen LogP contribution in [-0.4, -0.2) is 49.3 Å². The predicted octanol–water partition coefficient (Wildman–Crippen LogP) is 5.11. The monoisotopic (exact) mass is 425 g/mol. The van der Waals surface area contributed by atoms with Gasteiger partial charge in [0.1, 0.15) is 10.8 Å². The molecular formula is C24H28FN3OS. The number of aromatic nitrogens is 1. The number of hydrogen-bond acceptors (Lipinski definition) is 5. The Balaban J connectivity index is 1.42. The van der Waals surface area contributed by atoms with Crippen LogP contribution < -0.4 is 9.64 Å². The lowest BCUT2D eigenvalue weighted by Crippen LogP contribution is -2.46. The Bertz CT molecular complexity index is 957. The number of aryl methyl sites for hydroxylation is 1. The molecule has 0 radical (unpaired) electrons. The lowest BCUT2D eigenvalue weighted by Gasteiger charge is -2.36. The van der Waals surface area contributed by atoms with Gasteiger partial charge < -0.3 is 9.64 Å². The van der Waals surface area contributed by atoms with Gasteiger partial charge in [0.2, 0.25) is 0 Å². The second kappa shape index (κ2) is 9.58. The first-order valence-electron chi connectivity index (χ1n) is 10.5. The minimum Gasteiger partial charge on any atom is -0.464 e. The summed E-state index contributed by atoms with van der Waals surface area (Å²) in [7, 11) is 0. The van der Waals surface area contributed by atoms with Crippen LogP contribution in [0.3, 0.4) is 0 Å². The SMILES string of the molecule is C=CC=Cc1nc(C2=COc3cc(N4CCN(CCCF)CC4)ccc3C2)sc1C. The van der Waals surface area contributed by atoms with Crippen LogP contribution in [0.25, 0.3) is 11.6 Å². The largest absolute Gasteiger partial charge is 0.464 e. The molecule has 0 atom stereocenters. The van der Waals surface area contributed by atoms with Crippen LogP contribution in [0.1, 0.15) is 27.6 Å². The van der Waals surface area contributed by atoms with Gasteiger partial charge >= 0.3 is 0 Å². The smallest absolute Gasteiger partial charge is 0.132 e. The maximum atomic E-state index is 12.4. The number of fused-ring (bicyclic) bond motifs is 1. The van der Waals surface area contributed by atoms with E-state index in [9.17, 15) is 4.39 Å². The Labute approximate surface area is 182 Å². The van der Waals surface area contributed by atoms with Crippen LogP contribution in [0.15, 0.2) is 43.2 Å². The molecule has 0 N–H and O–H groups in total. The zero-order valence-electron chi connectivity index (χ0n) is 17.4. The van der Waals surface area contributed by atoms with Gasteiger partial charge in [0.05, 0.1) is 18.6 Å². The van der Waals surface area contributed by atoms with Crippen molar-refractivity contribution in [1.29, 1.82) is 0 Å². The highest BCUT2D eigenvalue weighted by molar-refractivity contribution is 7.12. The second-order valence-electron chi connectivity index (χ2n) is 7.66. The number of anilines is 1. The van der Waals surface area contributed by atoms with Crippen molar-refractivity contribution in [3.8, 4) is 5.75 Å². The second-order valence-corrected chi connectivity index (χ2v) is 8.86. The van der Waals surface area contributed by atoms with Crippen LogP contribution in [0.5, 0.6) is 5.75 Å². The fourth-order valence-corrected chi connectivity index (χ4v) is 4.78. The van der Waals surface area contributed by atoms with E-state index in [1.54, 1.807) is 17.4 Å². The molecule has 3 heterocycles. The van der Waals surface area contributed by atoms with E-state index in [1.807, 2.05) is 18.4 Å². The van der Waals surface area contributed by atoms with Gasteiger partial charge in [0.25, 0.3) is 0 Å². The van der Waals surface area contributed by atoms with Crippen molar-refractivity contribution in [2.75, 3.05) is 44.3 Å². The predicted molar refractivity (Wildman–Crippen MR) is 124 cm³/mol. The molecule has 0 saturated carbocycles. The highest BCUT2D eigenvalue weighted by Gasteiger charge is 2.21. The molecule has 0 bridgehead atoms. The average Bonchev–Trinajstić information content (AvgIpc) is 3.16. The standard InChI is InChI=1S/C24H28FN3OS/c1-3-4-6-22-18(2)30-24(26-22)20-15-19-7-8-21(16-23(19)29-17-20)28-13-11-27(12-14-28)10-5-9-25/h3-4,6-8,16-17H,1,5,9-15H2,2H3. The molecule has 0 spiro atoms. The average molecular weight is 426 g/mol. The first-order valence-corrected chi connectivity index (χ1v) is 11.3. The van der Waals surface area contributed by atoms with Crippen molar-refractivity contribution in [2.45, 2.75) is 19.8 Å². The van der Waals surface area contributed by atoms with E-state index in [0.29, 0.717) is 6.42 Å². The van der Waals surface area contributed by atoms with E-state index in [4.69, 9.17) is 9.72 Å². The maximum Gasteiger partial charge on any atom is 0.132 e. The molecule has 0 aliphatic carbocycles. The van der Waals surface area contributed by atoms with E-state index in [1.165, 1.54) is 16.1 Å². The molecule has 0 amide bonds. The van der Waals surface area contributed by atoms with Crippen molar-refractivity contribution in [1.82, 2.24) is 9.88 Å². The van der Waals surface area contributed by atoms with E-state index in [2.05, 4.69) is 41.5 Å². The van der Waals surface area contributed by atoms with Crippen LogP contribution in [0.2, 0.25) is 0 Å². The van der Waals surface area contributed by atoms with E-state index in [-0.39, 0.29) is 6.67 Å². The van der Waals surface area contributed by atoms with Crippen molar-refractivity contribution in [3.05, 3.63) is 64.3 Å². The number of halogens is 1. The van der Waals surface area contributed by atoms with E-state index < -0.39 is 0 Å². The Morgan fingerprint density at radius 2 is 2.10 bits per heavy atom. The van der Waals surface area contributed by atoms with E-state index >= 15 is 0 Å². The van der Waals surface area contributed by atoms with Crippen LogP contribution in [-0.2, 0) is 6.42 Å². The van der Waals surface area contributed by atoms with Gasteiger partial charge in [-0.05, 0) is 31.1 Å². The third kappa shape index (κ3) is 4.65. The van der Waals surface area contributed by atoms with Crippen molar-refractivity contribution < 1.29 is 9.13 Å². The lowest BCUT2D eigenvalue weighted by atomic mass is 10.0. The first-order chi connectivity index (χ1) is 14.7. The highest BCUT2D eigenvalue weighted by atomic mass is 32.1. The van der Waals surface area contributed by atoms with Gasteiger partial charge in [0.15, 0.2) is 0 Å². The number of thiazole rings is 1. The number of rotatable bonds is 7. The summed E-state index contributed by atoms with van der Waals surface area (Å²) in [4.78, 5) is 10.7. The molecular weight excluding hydrogens is 397 g/mol. The van der Waals surface area contributed by atoms with Crippen molar-refractivity contribution in [2.24, 2.45) is 0 Å². The van der Waals surface area contributed by atoms with Crippen molar-refractivity contribution in [3.63, 3.8) is 0 Å². The molecule has 6 heteroatoms. The van der Waals surface area contributed by atoms with Gasteiger partial charge in [-0.25, -0.2) is 4.98 Å². The normalized spacial score (nSPS) is 17.0. The molecule has 158 valence electrons. The Morgan fingerprint density at radius 3 is 2.87 bits per heavy atom. The molecule has 1 saturated heterocycles. The van der Waals surface area contributed by atoms with Crippen LogP contribution in [0.4, 0.5) is 10.1 Å². The number of piperazine rings is 1. The molecule has 4 rings (SSSR count). The Morgan fingerprint density at radius 1 is 1.27 bits per heavy atom. The van der Waals surface area contributed by atoms with Crippen LogP contribution in [0, 0.1) is 6.92 Å².